The number of carbonyl (C=O) groups excluding carboxylic acids is 4. The molecule has 0 fully saturated rings. The van der Waals surface area contributed by atoms with Crippen molar-refractivity contribution in [2.45, 2.75) is 91.8 Å². The summed E-state index contributed by atoms with van der Waals surface area (Å²) >= 11 is 0. The number of rotatable bonds is 17. The van der Waals surface area contributed by atoms with Crippen LogP contribution in [0.2, 0.25) is 0 Å². The fourth-order valence-corrected chi connectivity index (χ4v) is 4.37. The van der Waals surface area contributed by atoms with Crippen LogP contribution in [0.4, 0.5) is 0 Å². The summed E-state index contributed by atoms with van der Waals surface area (Å²) in [5.41, 5.74) is 0.580. The summed E-state index contributed by atoms with van der Waals surface area (Å²) in [7, 11) is -4.72. The highest BCUT2D eigenvalue weighted by Crippen LogP contribution is 2.37. The van der Waals surface area contributed by atoms with Gasteiger partial charge in [0.2, 0.25) is 23.6 Å². The number of carbonyl (C=O) groups is 4. The average molecular weight is 585 g/mol. The maximum atomic E-state index is 13.2. The first-order valence-corrected chi connectivity index (χ1v) is 15.2. The molecule has 0 aliphatic rings. The molecule has 0 aromatic heterocycles. The van der Waals surface area contributed by atoms with Gasteiger partial charge in [-0.05, 0) is 43.4 Å². The van der Waals surface area contributed by atoms with Crippen molar-refractivity contribution >= 4 is 31.5 Å². The van der Waals surface area contributed by atoms with Crippen molar-refractivity contribution in [2.75, 3.05) is 13.1 Å². The molecule has 0 aliphatic heterocycles. The average Bonchev–Trinajstić information content (AvgIpc) is 2.86. The van der Waals surface area contributed by atoms with Gasteiger partial charge in [0, 0.05) is 26.4 Å². The Morgan fingerprint density at radius 3 is 1.90 bits per heavy atom. The van der Waals surface area contributed by atoms with Gasteiger partial charge >= 0.3 is 7.82 Å². The molecule has 0 spiro atoms. The maximum Gasteiger partial charge on any atom is 0.524 e. The van der Waals surface area contributed by atoms with Gasteiger partial charge in [0.05, 0.1) is 0 Å². The molecule has 0 saturated carbocycles. The van der Waals surface area contributed by atoms with Crippen LogP contribution in [0.5, 0.6) is 5.75 Å². The number of benzene rings is 1. The second-order valence-corrected chi connectivity index (χ2v) is 11.3. The first-order chi connectivity index (χ1) is 18.7. The Hall–Kier alpha value is -2.95. The van der Waals surface area contributed by atoms with Gasteiger partial charge in [0.25, 0.3) is 0 Å². The minimum Gasteiger partial charge on any atom is -0.404 e. The van der Waals surface area contributed by atoms with E-state index in [1.807, 2.05) is 13.8 Å². The molecule has 40 heavy (non-hydrogen) atoms. The SMILES string of the molecule is CCCCN(CCCC)C(=O)[C@@H](C)NC(=O)[C@@H](NC(=O)[C@H](Cc1ccc(OP(=O)(O)O)cc1)NC(C)=O)C(C)C. The number of hydrogen-bond donors (Lipinski definition) is 5. The summed E-state index contributed by atoms with van der Waals surface area (Å²) in [6.07, 6.45) is 3.67. The van der Waals surface area contributed by atoms with Crippen molar-refractivity contribution in [2.24, 2.45) is 5.92 Å². The molecule has 1 rings (SSSR count). The van der Waals surface area contributed by atoms with Crippen LogP contribution in [-0.2, 0) is 30.2 Å². The molecular formula is C27H45N4O8P. The van der Waals surface area contributed by atoms with Crippen molar-refractivity contribution in [1.29, 1.82) is 0 Å². The lowest BCUT2D eigenvalue weighted by Crippen LogP contribution is -2.58. The second kappa shape index (κ2) is 17.0. The quantitative estimate of drug-likeness (QED) is 0.173. The number of phosphoric ester groups is 1. The van der Waals surface area contributed by atoms with E-state index in [0.29, 0.717) is 18.7 Å². The van der Waals surface area contributed by atoms with Crippen LogP contribution < -0.4 is 20.5 Å². The van der Waals surface area contributed by atoms with Crippen LogP contribution in [0, 0.1) is 5.92 Å². The third-order valence-electron chi connectivity index (χ3n) is 6.13. The van der Waals surface area contributed by atoms with Gasteiger partial charge < -0.3 is 25.4 Å². The van der Waals surface area contributed by atoms with Gasteiger partial charge in [-0.1, -0.05) is 52.7 Å². The summed E-state index contributed by atoms with van der Waals surface area (Å²) in [5, 5.41) is 8.03. The number of unbranched alkanes of at least 4 members (excludes halogenated alkanes) is 2. The number of amides is 4. The molecule has 0 bridgehead atoms. The van der Waals surface area contributed by atoms with E-state index in [2.05, 4.69) is 20.5 Å². The van der Waals surface area contributed by atoms with Gasteiger partial charge in [-0.15, -0.1) is 0 Å². The van der Waals surface area contributed by atoms with Crippen LogP contribution in [0.3, 0.4) is 0 Å². The van der Waals surface area contributed by atoms with E-state index in [1.165, 1.54) is 31.2 Å². The summed E-state index contributed by atoms with van der Waals surface area (Å²) in [4.78, 5) is 70.9. The Morgan fingerprint density at radius 2 is 1.45 bits per heavy atom. The summed E-state index contributed by atoms with van der Waals surface area (Å²) in [5.74, 6) is -2.09. The zero-order valence-electron chi connectivity index (χ0n) is 24.3. The molecule has 3 atom stereocenters. The van der Waals surface area contributed by atoms with Crippen molar-refractivity contribution < 1.29 is 38.1 Å². The molecule has 1 aromatic carbocycles. The van der Waals surface area contributed by atoms with E-state index >= 15 is 0 Å². The fourth-order valence-electron chi connectivity index (χ4n) is 3.97. The Kier molecular flexibility index (Phi) is 14.9. The predicted octanol–water partition coefficient (Wildman–Crippen LogP) is 2.28. The normalized spacial score (nSPS) is 13.6. The number of nitrogens with zero attached hydrogens (tertiary/aromatic N) is 1. The van der Waals surface area contributed by atoms with Crippen LogP contribution in [0.15, 0.2) is 24.3 Å². The second-order valence-electron chi connectivity index (χ2n) is 10.2. The zero-order valence-corrected chi connectivity index (χ0v) is 25.2. The monoisotopic (exact) mass is 584 g/mol. The van der Waals surface area contributed by atoms with E-state index in [1.54, 1.807) is 25.7 Å². The largest absolute Gasteiger partial charge is 0.524 e. The lowest BCUT2D eigenvalue weighted by Gasteiger charge is -2.29. The minimum atomic E-state index is -4.72. The van der Waals surface area contributed by atoms with E-state index < -0.39 is 43.7 Å². The van der Waals surface area contributed by atoms with Crippen LogP contribution in [0.1, 0.15) is 72.8 Å². The molecule has 12 nitrogen and oxygen atoms in total. The van der Waals surface area contributed by atoms with Crippen molar-refractivity contribution in [3.05, 3.63) is 29.8 Å². The fraction of sp³-hybridized carbons (Fsp3) is 0.630. The number of hydrogen-bond acceptors (Lipinski definition) is 6. The van der Waals surface area contributed by atoms with Crippen molar-refractivity contribution in [1.82, 2.24) is 20.9 Å². The lowest BCUT2D eigenvalue weighted by molar-refractivity contribution is -0.137. The van der Waals surface area contributed by atoms with E-state index in [9.17, 15) is 23.7 Å². The molecule has 1 aromatic rings. The molecule has 13 heteroatoms. The molecule has 5 N–H and O–H groups in total. The topological polar surface area (TPSA) is 174 Å². The Morgan fingerprint density at radius 1 is 0.900 bits per heavy atom. The van der Waals surface area contributed by atoms with Gasteiger partial charge in [0.15, 0.2) is 0 Å². The third-order valence-corrected chi connectivity index (χ3v) is 6.58. The molecule has 0 saturated heterocycles. The molecule has 4 amide bonds. The highest BCUT2D eigenvalue weighted by molar-refractivity contribution is 7.46. The van der Waals surface area contributed by atoms with Crippen molar-refractivity contribution in [3.63, 3.8) is 0 Å². The number of nitrogens with one attached hydrogen (secondary N) is 3. The van der Waals surface area contributed by atoms with Gasteiger partial charge in [0.1, 0.15) is 23.9 Å². The van der Waals surface area contributed by atoms with Crippen molar-refractivity contribution in [3.8, 4) is 5.75 Å². The Bertz CT molecular complexity index is 1020. The maximum absolute atomic E-state index is 13.2. The summed E-state index contributed by atoms with van der Waals surface area (Å²) < 4.78 is 15.6. The standard InChI is InChI=1S/C27H45N4O8P/c1-7-9-15-31(16-10-8-2)27(35)19(5)28-26(34)24(18(3)4)30-25(33)23(29-20(6)32)17-21-11-13-22(14-12-21)39-40(36,37)38/h11-14,18-19,23-24H,7-10,15-17H2,1-6H3,(H,28,34)(H,29,32)(H,30,33)(H2,36,37,38)/t19-,23+,24+/m1/s1. The highest BCUT2D eigenvalue weighted by Gasteiger charge is 2.31. The Labute approximate surface area is 236 Å². The first kappa shape index (κ1) is 35.1. The lowest BCUT2D eigenvalue weighted by atomic mass is 10.0. The highest BCUT2D eigenvalue weighted by atomic mass is 31.2. The van der Waals surface area contributed by atoms with Crippen LogP contribution >= 0.6 is 7.82 Å². The summed E-state index contributed by atoms with van der Waals surface area (Å²) in [6.45, 7) is 11.7. The number of phosphoric acid groups is 1. The molecule has 0 aliphatic carbocycles. The van der Waals surface area contributed by atoms with Gasteiger partial charge in [-0.3, -0.25) is 29.0 Å². The Balaban J connectivity index is 2.97. The molecule has 226 valence electrons. The minimum absolute atomic E-state index is 0.0484. The molecule has 0 radical (unpaired) electrons. The molecule has 0 unspecified atom stereocenters. The smallest absolute Gasteiger partial charge is 0.404 e. The van der Waals surface area contributed by atoms with E-state index in [4.69, 9.17) is 9.79 Å². The van der Waals surface area contributed by atoms with Gasteiger partial charge in [-0.25, -0.2) is 4.57 Å². The van der Waals surface area contributed by atoms with Crippen LogP contribution in [-0.4, -0.2) is 69.5 Å². The van der Waals surface area contributed by atoms with Crippen LogP contribution in [0.25, 0.3) is 0 Å². The third kappa shape index (κ3) is 12.9. The van der Waals surface area contributed by atoms with E-state index in [-0.39, 0.29) is 24.0 Å². The predicted molar refractivity (Wildman–Crippen MR) is 151 cm³/mol. The molecular weight excluding hydrogens is 539 g/mol. The first-order valence-electron chi connectivity index (χ1n) is 13.7. The van der Waals surface area contributed by atoms with E-state index in [0.717, 1.165) is 25.7 Å². The summed E-state index contributed by atoms with van der Waals surface area (Å²) in [6, 6.07) is 2.93. The zero-order chi connectivity index (χ0) is 30.5. The van der Waals surface area contributed by atoms with Gasteiger partial charge in [-0.2, -0.15) is 0 Å². The molecule has 0 heterocycles.